The van der Waals surface area contributed by atoms with E-state index in [0.29, 0.717) is 11.5 Å². The quantitative estimate of drug-likeness (QED) is 0.751. The first kappa shape index (κ1) is 14.3. The third-order valence-corrected chi connectivity index (χ3v) is 3.44. The van der Waals surface area contributed by atoms with Gasteiger partial charge in [0.05, 0.1) is 18.9 Å². The Balaban J connectivity index is 2.06. The molecule has 0 aromatic carbocycles. The fourth-order valence-electron chi connectivity index (χ4n) is 1.89. The van der Waals surface area contributed by atoms with Crippen LogP contribution in [0.2, 0.25) is 0 Å². The standard InChI is InChI=1S/C14H19N3O3/c1-3-9(2)12(8-18)15-14(19)11-7-10(16-17-11)13-5-4-6-20-13/h4-7,9,12,18H,3,8H2,1-2H3,(H,15,19)(H,16,17)/t9-,12-/m0/s1. The van der Waals surface area contributed by atoms with Crippen molar-refractivity contribution >= 4 is 5.91 Å². The van der Waals surface area contributed by atoms with Crippen molar-refractivity contribution in [2.75, 3.05) is 6.61 Å². The Morgan fingerprint density at radius 2 is 2.40 bits per heavy atom. The molecule has 2 heterocycles. The molecular formula is C14H19N3O3. The van der Waals surface area contributed by atoms with Gasteiger partial charge in [0.2, 0.25) is 0 Å². The Morgan fingerprint density at radius 1 is 1.60 bits per heavy atom. The fourth-order valence-corrected chi connectivity index (χ4v) is 1.89. The normalized spacial score (nSPS) is 13.9. The van der Waals surface area contributed by atoms with Crippen LogP contribution >= 0.6 is 0 Å². The van der Waals surface area contributed by atoms with Gasteiger partial charge in [-0.1, -0.05) is 20.3 Å². The molecule has 0 saturated carbocycles. The minimum atomic E-state index is -0.307. The van der Waals surface area contributed by atoms with Gasteiger partial charge in [0.1, 0.15) is 5.69 Å². The summed E-state index contributed by atoms with van der Waals surface area (Å²) >= 11 is 0. The molecule has 0 saturated heterocycles. The number of carbonyl (C=O) groups excluding carboxylic acids is 1. The van der Waals surface area contributed by atoms with Crippen molar-refractivity contribution in [3.8, 4) is 11.5 Å². The number of furan rings is 1. The van der Waals surface area contributed by atoms with Gasteiger partial charge in [0, 0.05) is 6.07 Å². The average Bonchev–Trinajstić information content (AvgIpc) is 3.13. The van der Waals surface area contributed by atoms with Gasteiger partial charge in [0.15, 0.2) is 11.5 Å². The van der Waals surface area contributed by atoms with Gasteiger partial charge in [0.25, 0.3) is 5.91 Å². The predicted molar refractivity (Wildman–Crippen MR) is 74.1 cm³/mol. The van der Waals surface area contributed by atoms with Gasteiger partial charge in [-0.05, 0) is 18.1 Å². The largest absolute Gasteiger partial charge is 0.463 e. The highest BCUT2D eigenvalue weighted by atomic mass is 16.3. The lowest BCUT2D eigenvalue weighted by molar-refractivity contribution is 0.0886. The number of aliphatic hydroxyl groups excluding tert-OH is 1. The molecular weight excluding hydrogens is 258 g/mol. The zero-order chi connectivity index (χ0) is 14.5. The van der Waals surface area contributed by atoms with Crippen LogP contribution in [0.4, 0.5) is 0 Å². The Labute approximate surface area is 117 Å². The lowest BCUT2D eigenvalue weighted by Crippen LogP contribution is -2.42. The number of aromatic amines is 1. The number of nitrogens with zero attached hydrogens (tertiary/aromatic N) is 1. The van der Waals surface area contributed by atoms with Gasteiger partial charge in [-0.3, -0.25) is 9.89 Å². The third-order valence-electron chi connectivity index (χ3n) is 3.44. The van der Waals surface area contributed by atoms with Crippen LogP contribution in [0.1, 0.15) is 30.8 Å². The molecule has 0 unspecified atom stereocenters. The molecule has 1 amide bonds. The van der Waals surface area contributed by atoms with E-state index in [1.54, 1.807) is 24.5 Å². The molecule has 6 nitrogen and oxygen atoms in total. The van der Waals surface area contributed by atoms with E-state index >= 15 is 0 Å². The Bertz CT molecular complexity index is 548. The van der Waals surface area contributed by atoms with Gasteiger partial charge in [-0.2, -0.15) is 5.10 Å². The lowest BCUT2D eigenvalue weighted by atomic mass is 10.00. The summed E-state index contributed by atoms with van der Waals surface area (Å²) in [5.41, 5.74) is 0.919. The highest BCUT2D eigenvalue weighted by Gasteiger charge is 2.20. The molecule has 2 atom stereocenters. The number of nitrogens with one attached hydrogen (secondary N) is 2. The van der Waals surface area contributed by atoms with Crippen LogP contribution in [0, 0.1) is 5.92 Å². The van der Waals surface area contributed by atoms with E-state index in [9.17, 15) is 9.90 Å². The monoisotopic (exact) mass is 277 g/mol. The summed E-state index contributed by atoms with van der Waals surface area (Å²) in [6.45, 7) is 3.92. The summed E-state index contributed by atoms with van der Waals surface area (Å²) in [5.74, 6) is 0.517. The molecule has 0 spiro atoms. The SMILES string of the molecule is CC[C@H](C)[C@H](CO)NC(=O)c1cc(-c2ccco2)[nH]n1. The van der Waals surface area contributed by atoms with E-state index in [2.05, 4.69) is 15.5 Å². The molecule has 6 heteroatoms. The van der Waals surface area contributed by atoms with Crippen molar-refractivity contribution in [1.82, 2.24) is 15.5 Å². The predicted octanol–water partition coefficient (Wildman–Crippen LogP) is 1.81. The van der Waals surface area contributed by atoms with E-state index in [-0.39, 0.29) is 30.2 Å². The number of aliphatic hydroxyl groups is 1. The van der Waals surface area contributed by atoms with Crippen molar-refractivity contribution in [3.63, 3.8) is 0 Å². The molecule has 2 rings (SSSR count). The lowest BCUT2D eigenvalue weighted by Gasteiger charge is -2.21. The maximum atomic E-state index is 12.1. The van der Waals surface area contributed by atoms with Crippen molar-refractivity contribution in [1.29, 1.82) is 0 Å². The smallest absolute Gasteiger partial charge is 0.272 e. The molecule has 0 radical (unpaired) electrons. The first-order valence-corrected chi connectivity index (χ1v) is 6.66. The van der Waals surface area contributed by atoms with Crippen molar-refractivity contribution in [2.24, 2.45) is 5.92 Å². The van der Waals surface area contributed by atoms with E-state index < -0.39 is 0 Å². The molecule has 0 aliphatic carbocycles. The second-order valence-corrected chi connectivity index (χ2v) is 4.79. The number of hydrogen-bond donors (Lipinski definition) is 3. The van der Waals surface area contributed by atoms with Crippen LogP contribution in [0.25, 0.3) is 11.5 Å². The number of amides is 1. The highest BCUT2D eigenvalue weighted by molar-refractivity contribution is 5.93. The maximum Gasteiger partial charge on any atom is 0.272 e. The molecule has 3 N–H and O–H groups in total. The summed E-state index contributed by atoms with van der Waals surface area (Å²) in [4.78, 5) is 12.1. The number of rotatable bonds is 6. The number of aromatic nitrogens is 2. The fraction of sp³-hybridized carbons (Fsp3) is 0.429. The first-order valence-electron chi connectivity index (χ1n) is 6.66. The summed E-state index contributed by atoms with van der Waals surface area (Å²) in [6, 6.07) is 4.90. The third kappa shape index (κ3) is 3.08. The van der Waals surface area contributed by atoms with Gasteiger partial charge < -0.3 is 14.8 Å². The Hall–Kier alpha value is -2.08. The van der Waals surface area contributed by atoms with Gasteiger partial charge >= 0.3 is 0 Å². The number of H-pyrrole nitrogens is 1. The van der Waals surface area contributed by atoms with E-state index in [4.69, 9.17) is 4.42 Å². The molecule has 20 heavy (non-hydrogen) atoms. The van der Waals surface area contributed by atoms with Crippen molar-refractivity contribution in [3.05, 3.63) is 30.2 Å². The summed E-state index contributed by atoms with van der Waals surface area (Å²) < 4.78 is 5.23. The maximum absolute atomic E-state index is 12.1. The van der Waals surface area contributed by atoms with Crippen LogP contribution in [-0.4, -0.2) is 33.9 Å². The van der Waals surface area contributed by atoms with Gasteiger partial charge in [-0.25, -0.2) is 0 Å². The molecule has 0 bridgehead atoms. The van der Waals surface area contributed by atoms with E-state index in [1.165, 1.54) is 0 Å². The van der Waals surface area contributed by atoms with Crippen LogP contribution in [0.3, 0.4) is 0 Å². The van der Waals surface area contributed by atoms with Crippen molar-refractivity contribution < 1.29 is 14.3 Å². The van der Waals surface area contributed by atoms with Crippen LogP contribution in [0.5, 0.6) is 0 Å². The number of hydrogen-bond acceptors (Lipinski definition) is 4. The number of carbonyl (C=O) groups is 1. The minimum absolute atomic E-state index is 0.0871. The molecule has 2 aromatic rings. The molecule has 0 aliphatic rings. The summed E-state index contributed by atoms with van der Waals surface area (Å²) in [7, 11) is 0. The molecule has 108 valence electrons. The van der Waals surface area contributed by atoms with Crippen LogP contribution in [0.15, 0.2) is 28.9 Å². The van der Waals surface area contributed by atoms with Crippen LogP contribution < -0.4 is 5.32 Å². The second-order valence-electron chi connectivity index (χ2n) is 4.79. The highest BCUT2D eigenvalue weighted by Crippen LogP contribution is 2.18. The van der Waals surface area contributed by atoms with E-state index in [0.717, 1.165) is 6.42 Å². The Morgan fingerprint density at radius 3 is 3.00 bits per heavy atom. The average molecular weight is 277 g/mol. The zero-order valence-electron chi connectivity index (χ0n) is 11.6. The van der Waals surface area contributed by atoms with Crippen molar-refractivity contribution in [2.45, 2.75) is 26.3 Å². The summed E-state index contributed by atoms with van der Waals surface area (Å²) in [5, 5.41) is 18.8. The zero-order valence-corrected chi connectivity index (χ0v) is 11.6. The molecule has 0 fully saturated rings. The first-order chi connectivity index (χ1) is 9.65. The topological polar surface area (TPSA) is 91.1 Å². The van der Waals surface area contributed by atoms with Crippen LogP contribution in [-0.2, 0) is 0 Å². The van der Waals surface area contributed by atoms with Gasteiger partial charge in [-0.15, -0.1) is 0 Å². The van der Waals surface area contributed by atoms with E-state index in [1.807, 2.05) is 13.8 Å². The second kappa shape index (κ2) is 6.38. The molecule has 0 aliphatic heterocycles. The summed E-state index contributed by atoms with van der Waals surface area (Å²) in [6.07, 6.45) is 2.43. The minimum Gasteiger partial charge on any atom is -0.463 e. The molecule has 2 aromatic heterocycles. The Kier molecular flexibility index (Phi) is 4.57.